The van der Waals surface area contributed by atoms with Crippen molar-refractivity contribution in [3.05, 3.63) is 35.2 Å². The van der Waals surface area contributed by atoms with Crippen LogP contribution in [0, 0.1) is 0 Å². The highest BCUT2D eigenvalue weighted by Gasteiger charge is 2.36. The lowest BCUT2D eigenvalue weighted by atomic mass is 10.2. The Kier molecular flexibility index (Phi) is 2.44. The smallest absolute Gasteiger partial charge is 0.346 e. The third-order valence-corrected chi connectivity index (χ3v) is 2.22. The fourth-order valence-electron chi connectivity index (χ4n) is 1.53. The van der Waals surface area contributed by atoms with Crippen molar-refractivity contribution >= 4 is 17.5 Å². The van der Waals surface area contributed by atoms with Crippen molar-refractivity contribution in [3.63, 3.8) is 0 Å². The average molecular weight is 219 g/mol. The molecule has 0 spiro atoms. The number of aromatic nitrogens is 1. The second-order valence-electron chi connectivity index (χ2n) is 3.17. The Hall–Kier alpha value is -2.17. The first-order valence-electron chi connectivity index (χ1n) is 4.77. The van der Waals surface area contributed by atoms with Crippen LogP contribution in [-0.2, 0) is 9.53 Å². The van der Waals surface area contributed by atoms with E-state index in [1.807, 2.05) is 0 Å². The quantitative estimate of drug-likeness (QED) is 0.595. The molecular formula is C11H9NO4. The summed E-state index contributed by atoms with van der Waals surface area (Å²) >= 11 is 0. The van der Waals surface area contributed by atoms with Crippen LogP contribution in [0.4, 0.5) is 0 Å². The molecule has 1 N–H and O–H groups in total. The predicted molar refractivity (Wildman–Crippen MR) is 54.7 cm³/mol. The summed E-state index contributed by atoms with van der Waals surface area (Å²) in [6.45, 7) is 1.77. The van der Waals surface area contributed by atoms with Crippen LogP contribution in [0.2, 0.25) is 0 Å². The van der Waals surface area contributed by atoms with Gasteiger partial charge in [-0.3, -0.25) is 9.78 Å². The van der Waals surface area contributed by atoms with Gasteiger partial charge in [-0.25, -0.2) is 4.79 Å². The van der Waals surface area contributed by atoms with E-state index in [2.05, 4.69) is 4.98 Å². The first-order chi connectivity index (χ1) is 7.66. The summed E-state index contributed by atoms with van der Waals surface area (Å²) in [5.74, 6) is -1.76. The summed E-state index contributed by atoms with van der Waals surface area (Å²) in [6, 6.07) is 3.11. The molecule has 2 rings (SSSR count). The van der Waals surface area contributed by atoms with E-state index in [9.17, 15) is 14.7 Å². The predicted octanol–water partition coefficient (Wildman–Crippen LogP) is 1.11. The van der Waals surface area contributed by atoms with Gasteiger partial charge in [0.15, 0.2) is 5.57 Å². The van der Waals surface area contributed by atoms with Crippen LogP contribution >= 0.6 is 0 Å². The van der Waals surface area contributed by atoms with E-state index < -0.39 is 11.8 Å². The molecule has 1 heterocycles. The van der Waals surface area contributed by atoms with Crippen molar-refractivity contribution in [2.75, 3.05) is 6.61 Å². The van der Waals surface area contributed by atoms with Crippen molar-refractivity contribution in [2.45, 2.75) is 6.92 Å². The van der Waals surface area contributed by atoms with E-state index in [1.165, 1.54) is 12.3 Å². The van der Waals surface area contributed by atoms with E-state index >= 15 is 0 Å². The van der Waals surface area contributed by atoms with Crippen LogP contribution in [0.3, 0.4) is 0 Å². The standard InChI is InChI=1S/C11H9NO4/c1-2-16-11(15)7-9(13)6-4-3-5-12-8(6)10(7)14/h3-5,13H,2H2,1H3. The molecule has 0 atom stereocenters. The third kappa shape index (κ3) is 1.37. The molecule has 0 unspecified atom stereocenters. The van der Waals surface area contributed by atoms with Crippen LogP contribution in [-0.4, -0.2) is 28.4 Å². The van der Waals surface area contributed by atoms with E-state index in [0.29, 0.717) is 0 Å². The number of carbonyl (C=O) groups excluding carboxylic acids is 2. The molecular weight excluding hydrogens is 210 g/mol. The highest BCUT2D eigenvalue weighted by Crippen LogP contribution is 2.29. The molecule has 0 bridgehead atoms. The Morgan fingerprint density at radius 1 is 1.56 bits per heavy atom. The number of nitrogens with zero attached hydrogens (tertiary/aromatic N) is 1. The number of hydrogen-bond acceptors (Lipinski definition) is 5. The summed E-state index contributed by atoms with van der Waals surface area (Å²) in [5, 5.41) is 9.73. The van der Waals surface area contributed by atoms with Crippen LogP contribution in [0.1, 0.15) is 23.0 Å². The monoisotopic (exact) mass is 219 g/mol. The number of rotatable bonds is 2. The molecule has 0 amide bonds. The zero-order valence-corrected chi connectivity index (χ0v) is 8.56. The maximum Gasteiger partial charge on any atom is 0.346 e. The molecule has 16 heavy (non-hydrogen) atoms. The van der Waals surface area contributed by atoms with Crippen molar-refractivity contribution in [2.24, 2.45) is 0 Å². The lowest BCUT2D eigenvalue weighted by molar-refractivity contribution is -0.138. The van der Waals surface area contributed by atoms with E-state index in [4.69, 9.17) is 4.74 Å². The lowest BCUT2D eigenvalue weighted by Crippen LogP contribution is -2.14. The van der Waals surface area contributed by atoms with Crippen LogP contribution in [0.15, 0.2) is 23.9 Å². The first kappa shape index (κ1) is 10.4. The molecule has 1 aliphatic carbocycles. The Labute approximate surface area is 91.4 Å². The van der Waals surface area contributed by atoms with Crippen molar-refractivity contribution < 1.29 is 19.4 Å². The van der Waals surface area contributed by atoms with Crippen LogP contribution < -0.4 is 0 Å². The van der Waals surface area contributed by atoms with Gasteiger partial charge in [-0.05, 0) is 19.1 Å². The van der Waals surface area contributed by atoms with E-state index in [0.717, 1.165) is 0 Å². The fourth-order valence-corrected chi connectivity index (χ4v) is 1.53. The van der Waals surface area contributed by atoms with Gasteiger partial charge in [-0.15, -0.1) is 0 Å². The fraction of sp³-hybridized carbons (Fsp3) is 0.182. The van der Waals surface area contributed by atoms with Gasteiger partial charge in [0, 0.05) is 11.8 Å². The summed E-state index contributed by atoms with van der Waals surface area (Å²) in [4.78, 5) is 27.0. The van der Waals surface area contributed by atoms with Gasteiger partial charge in [-0.1, -0.05) is 0 Å². The largest absolute Gasteiger partial charge is 0.506 e. The maximum absolute atomic E-state index is 11.7. The number of pyridine rings is 1. The van der Waals surface area contributed by atoms with E-state index in [-0.39, 0.29) is 29.2 Å². The Balaban J connectivity index is 2.48. The molecule has 82 valence electrons. The van der Waals surface area contributed by atoms with Gasteiger partial charge >= 0.3 is 5.97 Å². The van der Waals surface area contributed by atoms with Gasteiger partial charge in [-0.2, -0.15) is 0 Å². The number of ketones is 1. The number of hydrogen-bond donors (Lipinski definition) is 1. The Morgan fingerprint density at radius 3 is 2.94 bits per heavy atom. The lowest BCUT2D eigenvalue weighted by Gasteiger charge is -2.00. The summed E-state index contributed by atoms with van der Waals surface area (Å²) in [5.41, 5.74) is 0.0224. The van der Waals surface area contributed by atoms with Gasteiger partial charge < -0.3 is 9.84 Å². The minimum absolute atomic E-state index is 0.0862. The molecule has 0 aromatic carbocycles. The van der Waals surface area contributed by atoms with Crippen molar-refractivity contribution in [3.8, 4) is 0 Å². The Morgan fingerprint density at radius 2 is 2.31 bits per heavy atom. The molecule has 0 fully saturated rings. The molecule has 1 aromatic rings. The number of ether oxygens (including phenoxy) is 1. The second kappa shape index (κ2) is 3.77. The number of aliphatic hydroxyl groups excluding tert-OH is 1. The summed E-state index contributed by atoms with van der Waals surface area (Å²) < 4.78 is 4.69. The molecule has 0 saturated heterocycles. The first-order valence-corrected chi connectivity index (χ1v) is 4.77. The van der Waals surface area contributed by atoms with Gasteiger partial charge in [0.1, 0.15) is 11.5 Å². The third-order valence-electron chi connectivity index (χ3n) is 2.22. The minimum Gasteiger partial charge on any atom is -0.506 e. The molecule has 5 nitrogen and oxygen atoms in total. The number of aliphatic hydroxyl groups is 1. The average Bonchev–Trinajstić information content (AvgIpc) is 2.53. The normalized spacial score (nSPS) is 13.9. The second-order valence-corrected chi connectivity index (χ2v) is 3.17. The van der Waals surface area contributed by atoms with Gasteiger partial charge in [0.05, 0.1) is 6.61 Å². The molecule has 1 aliphatic rings. The Bertz CT molecular complexity index is 504. The highest BCUT2D eigenvalue weighted by molar-refractivity contribution is 6.31. The van der Waals surface area contributed by atoms with Crippen molar-refractivity contribution in [1.82, 2.24) is 4.98 Å². The maximum atomic E-state index is 11.7. The highest BCUT2D eigenvalue weighted by atomic mass is 16.5. The van der Waals surface area contributed by atoms with Crippen molar-refractivity contribution in [1.29, 1.82) is 0 Å². The van der Waals surface area contributed by atoms with E-state index in [1.54, 1.807) is 13.0 Å². The zero-order valence-electron chi connectivity index (χ0n) is 8.56. The molecule has 1 aromatic heterocycles. The van der Waals surface area contributed by atoms with Crippen LogP contribution in [0.25, 0.3) is 5.76 Å². The zero-order chi connectivity index (χ0) is 11.7. The number of carbonyl (C=O) groups is 2. The number of Topliss-reactive ketones (excluding diaryl/α,β-unsaturated/α-hetero) is 1. The SMILES string of the molecule is CCOC(=O)C1=C(O)c2cccnc2C1=O. The molecule has 5 heteroatoms. The van der Waals surface area contributed by atoms with Crippen LogP contribution in [0.5, 0.6) is 0 Å². The number of fused-ring (bicyclic) bond motifs is 1. The summed E-state index contributed by atoms with van der Waals surface area (Å²) in [6.07, 6.45) is 1.43. The minimum atomic E-state index is -0.817. The topological polar surface area (TPSA) is 76.5 Å². The number of esters is 1. The summed E-state index contributed by atoms with van der Waals surface area (Å²) in [7, 11) is 0. The van der Waals surface area contributed by atoms with Gasteiger partial charge in [0.25, 0.3) is 0 Å². The molecule has 0 radical (unpaired) electrons. The molecule has 0 saturated carbocycles. The molecule has 0 aliphatic heterocycles. The van der Waals surface area contributed by atoms with Gasteiger partial charge in [0.2, 0.25) is 5.78 Å².